The van der Waals surface area contributed by atoms with Crippen LogP contribution >= 0.6 is 0 Å². The van der Waals surface area contributed by atoms with E-state index < -0.39 is 41.6 Å². The number of nitrogens with zero attached hydrogens (tertiary/aromatic N) is 2. The third kappa shape index (κ3) is 5.84. The predicted molar refractivity (Wildman–Crippen MR) is 98.1 cm³/mol. The number of carbonyl (C=O) groups is 4. The average molecular weight is 402 g/mol. The van der Waals surface area contributed by atoms with Gasteiger partial charge in [-0.25, -0.2) is 14.6 Å². The number of aromatic carboxylic acids is 2. The van der Waals surface area contributed by atoms with Crippen molar-refractivity contribution in [3.05, 3.63) is 59.3 Å². The molecule has 0 aliphatic rings. The minimum absolute atomic E-state index is 0.0585. The largest absolute Gasteiger partial charge is 0.478 e. The van der Waals surface area contributed by atoms with Gasteiger partial charge in [-0.05, 0) is 18.6 Å². The quantitative estimate of drug-likeness (QED) is 0.365. The molecule has 2 aromatic rings. The molecule has 1 amide bonds. The molecule has 0 spiro atoms. The number of rotatable bonds is 9. The van der Waals surface area contributed by atoms with Crippen molar-refractivity contribution in [2.75, 3.05) is 11.7 Å². The highest BCUT2D eigenvalue weighted by atomic mass is 16.7. The second kappa shape index (κ2) is 9.95. The smallest absolute Gasteiger partial charge is 0.339 e. The van der Waals surface area contributed by atoms with Gasteiger partial charge in [0.2, 0.25) is 0 Å². The SMILES string of the molecule is CCOC(=O)CC(=O)N(OCc1ccccc1)c1ncc(C(=O)O)cc1C(=O)O. The second-order valence-electron chi connectivity index (χ2n) is 5.63. The summed E-state index contributed by atoms with van der Waals surface area (Å²) in [6, 6.07) is 9.55. The van der Waals surface area contributed by atoms with Gasteiger partial charge in [0, 0.05) is 6.20 Å². The van der Waals surface area contributed by atoms with Crippen molar-refractivity contribution < 1.29 is 39.0 Å². The number of anilines is 1. The van der Waals surface area contributed by atoms with E-state index in [0.29, 0.717) is 10.6 Å². The third-order valence-electron chi connectivity index (χ3n) is 3.57. The molecule has 10 nitrogen and oxygen atoms in total. The molecule has 0 saturated heterocycles. The average Bonchev–Trinajstić information content (AvgIpc) is 2.69. The summed E-state index contributed by atoms with van der Waals surface area (Å²) in [5.74, 6) is -5.11. The zero-order chi connectivity index (χ0) is 21.4. The minimum Gasteiger partial charge on any atom is -0.478 e. The Balaban J connectivity index is 2.40. The van der Waals surface area contributed by atoms with Crippen LogP contribution in [0.15, 0.2) is 42.6 Å². The summed E-state index contributed by atoms with van der Waals surface area (Å²) in [6.07, 6.45) is 0.171. The molecule has 29 heavy (non-hydrogen) atoms. The number of esters is 1. The van der Waals surface area contributed by atoms with E-state index in [0.717, 1.165) is 12.3 Å². The van der Waals surface area contributed by atoms with Gasteiger partial charge >= 0.3 is 17.9 Å². The van der Waals surface area contributed by atoms with E-state index in [4.69, 9.17) is 14.7 Å². The molecule has 2 rings (SSSR count). The fourth-order valence-corrected chi connectivity index (χ4v) is 2.27. The summed E-state index contributed by atoms with van der Waals surface area (Å²) in [4.78, 5) is 56.2. The Bertz CT molecular complexity index is 914. The molecule has 0 unspecified atom stereocenters. The highest BCUT2D eigenvalue weighted by Crippen LogP contribution is 2.22. The number of carboxylic acid groups (broad SMARTS) is 2. The molecule has 152 valence electrons. The standard InChI is InChI=1S/C19H18N2O8/c1-2-28-16(23)9-15(22)21(29-11-12-6-4-3-5-7-12)17-14(19(26)27)8-13(10-20-17)18(24)25/h3-8,10H,2,9,11H2,1H3,(H,24,25)(H,26,27). The van der Waals surface area contributed by atoms with Crippen LogP contribution < -0.4 is 5.06 Å². The maximum atomic E-state index is 12.6. The topological polar surface area (TPSA) is 143 Å². The van der Waals surface area contributed by atoms with Crippen LogP contribution in [0.5, 0.6) is 0 Å². The molecule has 0 fully saturated rings. The summed E-state index contributed by atoms with van der Waals surface area (Å²) < 4.78 is 4.73. The Morgan fingerprint density at radius 2 is 1.76 bits per heavy atom. The lowest BCUT2D eigenvalue weighted by molar-refractivity contribution is -0.147. The number of ether oxygens (including phenoxy) is 1. The Kier molecular flexibility index (Phi) is 7.38. The molecule has 0 atom stereocenters. The number of pyridine rings is 1. The summed E-state index contributed by atoms with van der Waals surface area (Å²) in [6.45, 7) is 1.50. The molecule has 10 heteroatoms. The van der Waals surface area contributed by atoms with Crippen molar-refractivity contribution >= 4 is 29.6 Å². The Hall–Kier alpha value is -3.79. The molecule has 1 aromatic heterocycles. The molecule has 0 radical (unpaired) electrons. The molecule has 2 N–H and O–H groups in total. The fraction of sp³-hybridized carbons (Fsp3) is 0.211. The molecule has 0 aliphatic carbocycles. The van der Waals surface area contributed by atoms with Crippen molar-refractivity contribution in [2.45, 2.75) is 20.0 Å². The first-order valence-corrected chi connectivity index (χ1v) is 8.45. The third-order valence-corrected chi connectivity index (χ3v) is 3.57. The van der Waals surface area contributed by atoms with Crippen LogP contribution in [0, 0.1) is 0 Å². The maximum Gasteiger partial charge on any atom is 0.339 e. The Morgan fingerprint density at radius 1 is 1.07 bits per heavy atom. The highest BCUT2D eigenvalue weighted by molar-refractivity contribution is 6.05. The van der Waals surface area contributed by atoms with Crippen molar-refractivity contribution in [3.63, 3.8) is 0 Å². The molecule has 0 aliphatic heterocycles. The van der Waals surface area contributed by atoms with Crippen molar-refractivity contribution in [3.8, 4) is 0 Å². The molecule has 1 aromatic carbocycles. The number of hydrogen-bond acceptors (Lipinski definition) is 7. The van der Waals surface area contributed by atoms with E-state index in [-0.39, 0.29) is 18.8 Å². The number of amides is 1. The summed E-state index contributed by atoms with van der Waals surface area (Å²) in [7, 11) is 0. The first-order chi connectivity index (χ1) is 13.8. The number of carbonyl (C=O) groups excluding carboxylic acids is 2. The van der Waals surface area contributed by atoms with Crippen LogP contribution in [-0.2, 0) is 25.8 Å². The van der Waals surface area contributed by atoms with Gasteiger partial charge in [0.1, 0.15) is 18.6 Å². The number of carboxylic acids is 2. The van der Waals surface area contributed by atoms with Crippen molar-refractivity contribution in [2.24, 2.45) is 0 Å². The first-order valence-electron chi connectivity index (χ1n) is 8.45. The van der Waals surface area contributed by atoms with Gasteiger partial charge in [-0.15, -0.1) is 0 Å². The van der Waals surface area contributed by atoms with Crippen LogP contribution in [0.25, 0.3) is 0 Å². The van der Waals surface area contributed by atoms with Crippen molar-refractivity contribution in [1.29, 1.82) is 0 Å². The van der Waals surface area contributed by atoms with E-state index in [1.54, 1.807) is 37.3 Å². The van der Waals surface area contributed by atoms with Gasteiger partial charge < -0.3 is 14.9 Å². The normalized spacial score (nSPS) is 10.2. The molecule has 0 saturated carbocycles. The predicted octanol–water partition coefficient (Wildman–Crippen LogP) is 1.90. The number of hydrogen-bond donors (Lipinski definition) is 2. The van der Waals surface area contributed by atoms with E-state index in [2.05, 4.69) is 4.98 Å². The van der Waals surface area contributed by atoms with Gasteiger partial charge in [-0.1, -0.05) is 30.3 Å². The Labute approximate surface area is 165 Å². The maximum absolute atomic E-state index is 12.6. The van der Waals surface area contributed by atoms with Crippen LogP contribution in [-0.4, -0.2) is 45.6 Å². The number of benzene rings is 1. The molecular weight excluding hydrogens is 384 g/mol. The van der Waals surface area contributed by atoms with Gasteiger partial charge in [0.05, 0.1) is 12.2 Å². The van der Waals surface area contributed by atoms with E-state index in [9.17, 15) is 24.3 Å². The van der Waals surface area contributed by atoms with Gasteiger partial charge in [-0.2, -0.15) is 5.06 Å². The molecular formula is C19H18N2O8. The minimum atomic E-state index is -1.52. The zero-order valence-electron chi connectivity index (χ0n) is 15.4. The van der Waals surface area contributed by atoms with Gasteiger partial charge in [0.25, 0.3) is 5.91 Å². The summed E-state index contributed by atoms with van der Waals surface area (Å²) in [5.41, 5.74) is -0.289. The lowest BCUT2D eigenvalue weighted by Gasteiger charge is -2.22. The van der Waals surface area contributed by atoms with E-state index in [1.807, 2.05) is 0 Å². The van der Waals surface area contributed by atoms with Crippen LogP contribution in [0.2, 0.25) is 0 Å². The summed E-state index contributed by atoms with van der Waals surface area (Å²) >= 11 is 0. The first kappa shape index (κ1) is 21.5. The summed E-state index contributed by atoms with van der Waals surface area (Å²) in [5, 5.41) is 19.1. The van der Waals surface area contributed by atoms with Gasteiger partial charge in [-0.3, -0.25) is 14.4 Å². The van der Waals surface area contributed by atoms with Gasteiger partial charge in [0.15, 0.2) is 5.82 Å². The van der Waals surface area contributed by atoms with Crippen LogP contribution in [0.3, 0.4) is 0 Å². The number of hydroxylamine groups is 1. The fourth-order valence-electron chi connectivity index (χ4n) is 2.27. The van der Waals surface area contributed by atoms with E-state index in [1.165, 1.54) is 0 Å². The highest BCUT2D eigenvalue weighted by Gasteiger charge is 2.28. The van der Waals surface area contributed by atoms with Crippen molar-refractivity contribution in [1.82, 2.24) is 4.98 Å². The number of aromatic nitrogens is 1. The second-order valence-corrected chi connectivity index (χ2v) is 5.63. The zero-order valence-corrected chi connectivity index (χ0v) is 15.4. The van der Waals surface area contributed by atoms with E-state index >= 15 is 0 Å². The molecule has 0 bridgehead atoms. The lowest BCUT2D eigenvalue weighted by Crippen LogP contribution is -2.35. The Morgan fingerprint density at radius 3 is 2.34 bits per heavy atom. The van der Waals surface area contributed by atoms with Crippen LogP contribution in [0.1, 0.15) is 39.6 Å². The molecule has 1 heterocycles. The monoisotopic (exact) mass is 402 g/mol. The lowest BCUT2D eigenvalue weighted by atomic mass is 10.2. The van der Waals surface area contributed by atoms with Crippen LogP contribution in [0.4, 0.5) is 5.82 Å².